The van der Waals surface area contributed by atoms with E-state index in [0.29, 0.717) is 18.5 Å². The monoisotopic (exact) mass is 241 g/mol. The fourth-order valence-corrected chi connectivity index (χ4v) is 1.62. The summed E-state index contributed by atoms with van der Waals surface area (Å²) in [5.74, 6) is -1.05. The van der Waals surface area contributed by atoms with Crippen LogP contribution in [0.1, 0.15) is 18.9 Å². The van der Waals surface area contributed by atoms with Gasteiger partial charge in [0, 0.05) is 25.1 Å². The van der Waals surface area contributed by atoms with Gasteiger partial charge in [-0.2, -0.15) is 0 Å². The van der Waals surface area contributed by atoms with Crippen LogP contribution in [-0.4, -0.2) is 23.8 Å². The van der Waals surface area contributed by atoms with Crippen LogP contribution in [0.15, 0.2) is 18.2 Å². The molecule has 1 unspecified atom stereocenters. The van der Waals surface area contributed by atoms with Crippen molar-refractivity contribution in [3.05, 3.63) is 35.4 Å². The van der Waals surface area contributed by atoms with E-state index in [0.717, 1.165) is 6.07 Å². The second-order valence-electron chi connectivity index (χ2n) is 4.27. The summed E-state index contributed by atoms with van der Waals surface area (Å²) < 4.78 is 26.0. The lowest BCUT2D eigenvalue weighted by Gasteiger charge is -2.24. The first-order chi connectivity index (χ1) is 7.88. The number of amidine groups is 1. The number of hydrogen-bond acceptors (Lipinski definition) is 2. The summed E-state index contributed by atoms with van der Waals surface area (Å²) in [6, 6.07) is 3.52. The second kappa shape index (κ2) is 5.72. The van der Waals surface area contributed by atoms with Gasteiger partial charge in [0.15, 0.2) is 0 Å². The van der Waals surface area contributed by atoms with Crippen molar-refractivity contribution in [2.24, 2.45) is 5.73 Å². The molecule has 94 valence electrons. The van der Waals surface area contributed by atoms with Crippen molar-refractivity contribution < 1.29 is 8.78 Å². The van der Waals surface area contributed by atoms with E-state index in [1.54, 1.807) is 0 Å². The molecule has 1 rings (SSSR count). The lowest BCUT2D eigenvalue weighted by molar-refractivity contribution is 0.254. The van der Waals surface area contributed by atoms with Crippen molar-refractivity contribution in [3.63, 3.8) is 0 Å². The number of benzene rings is 1. The number of nitrogens with one attached hydrogen (secondary N) is 1. The van der Waals surface area contributed by atoms with Crippen LogP contribution < -0.4 is 5.73 Å². The first kappa shape index (κ1) is 13.6. The largest absolute Gasteiger partial charge is 0.388 e. The molecule has 0 aliphatic heterocycles. The Morgan fingerprint density at radius 1 is 1.35 bits per heavy atom. The van der Waals surface area contributed by atoms with Gasteiger partial charge in [0.25, 0.3) is 0 Å². The molecule has 0 spiro atoms. The minimum atomic E-state index is -0.576. The first-order valence-electron chi connectivity index (χ1n) is 5.36. The van der Waals surface area contributed by atoms with Gasteiger partial charge in [-0.3, -0.25) is 10.3 Å². The van der Waals surface area contributed by atoms with Crippen molar-refractivity contribution >= 4 is 5.84 Å². The molecule has 1 aromatic carbocycles. The summed E-state index contributed by atoms with van der Waals surface area (Å²) in [5, 5.41) is 7.20. The molecule has 1 atom stereocenters. The zero-order valence-electron chi connectivity index (χ0n) is 10.0. The van der Waals surface area contributed by atoms with Gasteiger partial charge in [-0.15, -0.1) is 0 Å². The molecule has 0 aromatic heterocycles. The third-order valence-corrected chi connectivity index (χ3v) is 2.62. The lowest BCUT2D eigenvalue weighted by atomic mass is 10.1. The molecule has 0 radical (unpaired) electrons. The minimum absolute atomic E-state index is 0.0545. The molecule has 0 fully saturated rings. The van der Waals surface area contributed by atoms with E-state index in [2.05, 4.69) is 0 Å². The Labute approximate surface area is 99.7 Å². The quantitative estimate of drug-likeness (QED) is 0.612. The zero-order valence-corrected chi connectivity index (χ0v) is 10.0. The Bertz CT molecular complexity index is 386. The summed E-state index contributed by atoms with van der Waals surface area (Å²) in [4.78, 5) is 1.90. The summed E-state index contributed by atoms with van der Waals surface area (Å²) in [6.45, 7) is 2.33. The first-order valence-corrected chi connectivity index (χ1v) is 5.36. The van der Waals surface area contributed by atoms with Gasteiger partial charge in [-0.25, -0.2) is 8.78 Å². The molecule has 0 heterocycles. The van der Waals surface area contributed by atoms with Crippen LogP contribution in [0.4, 0.5) is 8.78 Å². The molecule has 3 nitrogen and oxygen atoms in total. The topological polar surface area (TPSA) is 53.1 Å². The van der Waals surface area contributed by atoms with Crippen molar-refractivity contribution in [2.45, 2.75) is 25.9 Å². The molecule has 0 aliphatic carbocycles. The van der Waals surface area contributed by atoms with Gasteiger partial charge in [-0.1, -0.05) is 0 Å². The highest BCUT2D eigenvalue weighted by molar-refractivity contribution is 5.77. The van der Waals surface area contributed by atoms with Crippen LogP contribution in [0.25, 0.3) is 0 Å². The Balaban J connectivity index is 2.66. The fourth-order valence-electron chi connectivity index (χ4n) is 1.62. The number of nitrogens with two attached hydrogens (primary N) is 1. The molecule has 5 heteroatoms. The average molecular weight is 241 g/mol. The van der Waals surface area contributed by atoms with Gasteiger partial charge >= 0.3 is 0 Å². The van der Waals surface area contributed by atoms with E-state index in [4.69, 9.17) is 11.1 Å². The fraction of sp³-hybridized carbons (Fsp3) is 0.417. The predicted molar refractivity (Wildman–Crippen MR) is 63.8 cm³/mol. The predicted octanol–water partition coefficient (Wildman–Crippen LogP) is 2.11. The molecule has 0 saturated heterocycles. The van der Waals surface area contributed by atoms with E-state index >= 15 is 0 Å². The van der Waals surface area contributed by atoms with E-state index in [9.17, 15) is 8.78 Å². The standard InChI is InChI=1S/C12H17F2N3/c1-8(3-12(15)16)17(2)7-9-4-10(13)6-11(14)5-9/h4-6,8H,3,7H2,1-2H3,(H3,15,16). The van der Waals surface area contributed by atoms with E-state index in [1.807, 2.05) is 18.9 Å². The minimum Gasteiger partial charge on any atom is -0.388 e. The van der Waals surface area contributed by atoms with Crippen LogP contribution >= 0.6 is 0 Å². The summed E-state index contributed by atoms with van der Waals surface area (Å²) in [7, 11) is 1.83. The van der Waals surface area contributed by atoms with Crippen LogP contribution in [0.3, 0.4) is 0 Å². The third kappa shape index (κ3) is 4.48. The van der Waals surface area contributed by atoms with Crippen molar-refractivity contribution in [1.29, 1.82) is 5.41 Å². The third-order valence-electron chi connectivity index (χ3n) is 2.62. The number of nitrogens with zero attached hydrogens (tertiary/aromatic N) is 1. The van der Waals surface area contributed by atoms with Crippen molar-refractivity contribution in [1.82, 2.24) is 4.90 Å². The van der Waals surface area contributed by atoms with Crippen LogP contribution in [0.2, 0.25) is 0 Å². The highest BCUT2D eigenvalue weighted by Gasteiger charge is 2.11. The van der Waals surface area contributed by atoms with Crippen molar-refractivity contribution in [2.75, 3.05) is 7.05 Å². The van der Waals surface area contributed by atoms with E-state index in [1.165, 1.54) is 12.1 Å². The summed E-state index contributed by atoms with van der Waals surface area (Å²) in [5.41, 5.74) is 5.88. The maximum atomic E-state index is 13.0. The molecule has 17 heavy (non-hydrogen) atoms. The highest BCUT2D eigenvalue weighted by Crippen LogP contribution is 2.12. The van der Waals surface area contributed by atoms with Crippen LogP contribution in [0.5, 0.6) is 0 Å². The number of halogens is 2. The average Bonchev–Trinajstić information content (AvgIpc) is 2.14. The molecular weight excluding hydrogens is 224 g/mol. The molecule has 0 bridgehead atoms. The maximum absolute atomic E-state index is 13.0. The van der Waals surface area contributed by atoms with E-state index in [-0.39, 0.29) is 11.9 Å². The normalized spacial score (nSPS) is 12.8. The summed E-state index contributed by atoms with van der Waals surface area (Å²) >= 11 is 0. The van der Waals surface area contributed by atoms with Crippen LogP contribution in [-0.2, 0) is 6.54 Å². The molecule has 0 amide bonds. The Hall–Kier alpha value is -1.49. The van der Waals surface area contributed by atoms with Gasteiger partial charge in [-0.05, 0) is 31.7 Å². The Morgan fingerprint density at radius 2 is 1.88 bits per heavy atom. The molecule has 0 aliphatic rings. The van der Waals surface area contributed by atoms with Gasteiger partial charge in [0.2, 0.25) is 0 Å². The molecular formula is C12H17F2N3. The second-order valence-corrected chi connectivity index (χ2v) is 4.27. The Kier molecular flexibility index (Phi) is 4.57. The molecule has 1 aromatic rings. The van der Waals surface area contributed by atoms with Gasteiger partial charge < -0.3 is 5.73 Å². The highest BCUT2D eigenvalue weighted by atomic mass is 19.1. The number of rotatable bonds is 5. The maximum Gasteiger partial charge on any atom is 0.126 e. The lowest BCUT2D eigenvalue weighted by Crippen LogP contribution is -2.32. The van der Waals surface area contributed by atoms with Gasteiger partial charge in [0.1, 0.15) is 11.6 Å². The Morgan fingerprint density at radius 3 is 2.35 bits per heavy atom. The zero-order chi connectivity index (χ0) is 13.0. The van der Waals surface area contributed by atoms with E-state index < -0.39 is 11.6 Å². The van der Waals surface area contributed by atoms with Gasteiger partial charge in [0.05, 0.1) is 5.84 Å². The van der Waals surface area contributed by atoms with Crippen molar-refractivity contribution in [3.8, 4) is 0 Å². The van der Waals surface area contributed by atoms with Crippen LogP contribution in [0, 0.1) is 17.0 Å². The number of hydrogen-bond donors (Lipinski definition) is 2. The molecule has 0 saturated carbocycles. The summed E-state index contributed by atoms with van der Waals surface area (Å²) in [6.07, 6.45) is 0.439. The SMILES string of the molecule is CC(CC(=N)N)N(C)Cc1cc(F)cc(F)c1. The molecule has 3 N–H and O–H groups in total. The smallest absolute Gasteiger partial charge is 0.126 e.